The Balaban J connectivity index is 1.13. The Morgan fingerprint density at radius 1 is 1.26 bits per heavy atom. The van der Waals surface area contributed by atoms with Crippen molar-refractivity contribution in [3.05, 3.63) is 59.0 Å². The van der Waals surface area contributed by atoms with Crippen molar-refractivity contribution in [2.75, 3.05) is 25.4 Å². The maximum atomic E-state index is 13.6. The van der Waals surface area contributed by atoms with Crippen molar-refractivity contribution in [1.82, 2.24) is 20.4 Å². The van der Waals surface area contributed by atoms with Crippen LogP contribution < -0.4 is 5.32 Å². The number of rotatable bonds is 9. The van der Waals surface area contributed by atoms with Crippen molar-refractivity contribution >= 4 is 29.0 Å². The zero-order chi connectivity index (χ0) is 21.5. The molecule has 0 radical (unpaired) electrons. The summed E-state index contributed by atoms with van der Waals surface area (Å²) >= 11 is 3.21. The summed E-state index contributed by atoms with van der Waals surface area (Å²) in [6.45, 7) is 2.87. The molecule has 9 heteroatoms. The molecule has 0 aliphatic carbocycles. The highest BCUT2D eigenvalue weighted by molar-refractivity contribution is 7.98. The van der Waals surface area contributed by atoms with Gasteiger partial charge in [0, 0.05) is 24.0 Å². The molecule has 0 spiro atoms. The standard InChI is InChI=1S/C22H25FN4O2S2/c23-18-5-2-1-4-17(18)15-30-13-9-24-22(28)16-7-10-27(11-8-16)14-20-25-21(26-29-20)19-6-3-12-31-19/h1-6,12,16H,7-11,13-15H2,(H,24,28). The minimum atomic E-state index is -0.172. The molecular formula is C22H25FN4O2S2. The molecule has 1 saturated heterocycles. The van der Waals surface area contributed by atoms with Crippen LogP contribution in [0.1, 0.15) is 24.3 Å². The maximum Gasteiger partial charge on any atom is 0.241 e. The Hall–Kier alpha value is -2.23. The third kappa shape index (κ3) is 6.15. The van der Waals surface area contributed by atoms with Gasteiger partial charge in [-0.3, -0.25) is 9.69 Å². The predicted molar refractivity (Wildman–Crippen MR) is 121 cm³/mol. The van der Waals surface area contributed by atoms with E-state index in [2.05, 4.69) is 20.4 Å². The highest BCUT2D eigenvalue weighted by atomic mass is 32.2. The van der Waals surface area contributed by atoms with Crippen molar-refractivity contribution in [1.29, 1.82) is 0 Å². The van der Waals surface area contributed by atoms with E-state index in [0.29, 0.717) is 36.1 Å². The van der Waals surface area contributed by atoms with Gasteiger partial charge >= 0.3 is 0 Å². The fraction of sp³-hybridized carbons (Fsp3) is 0.409. The van der Waals surface area contributed by atoms with Crippen LogP contribution in [0.2, 0.25) is 0 Å². The minimum Gasteiger partial charge on any atom is -0.355 e. The van der Waals surface area contributed by atoms with Gasteiger partial charge in [-0.1, -0.05) is 29.4 Å². The average Bonchev–Trinajstić information content (AvgIpc) is 3.47. The molecule has 1 aliphatic rings. The molecule has 0 unspecified atom stereocenters. The molecule has 3 heterocycles. The average molecular weight is 461 g/mol. The predicted octanol–water partition coefficient (Wildman–Crippen LogP) is 4.20. The van der Waals surface area contributed by atoms with Gasteiger partial charge < -0.3 is 9.84 Å². The number of carbonyl (C=O) groups is 1. The molecule has 1 fully saturated rings. The van der Waals surface area contributed by atoms with Gasteiger partial charge in [0.2, 0.25) is 17.6 Å². The Morgan fingerprint density at radius 2 is 2.10 bits per heavy atom. The fourth-order valence-electron chi connectivity index (χ4n) is 3.56. The van der Waals surface area contributed by atoms with Crippen LogP contribution in [-0.2, 0) is 17.1 Å². The number of likely N-dealkylation sites (tertiary alicyclic amines) is 1. The second-order valence-electron chi connectivity index (χ2n) is 7.47. The third-order valence-electron chi connectivity index (χ3n) is 5.29. The fourth-order valence-corrected chi connectivity index (χ4v) is 5.05. The number of amides is 1. The molecule has 2 aromatic heterocycles. The lowest BCUT2D eigenvalue weighted by Gasteiger charge is -2.30. The molecule has 0 saturated carbocycles. The van der Waals surface area contributed by atoms with Gasteiger partial charge in [-0.05, 0) is 49.0 Å². The van der Waals surface area contributed by atoms with Crippen molar-refractivity contribution < 1.29 is 13.7 Å². The van der Waals surface area contributed by atoms with E-state index < -0.39 is 0 Å². The van der Waals surface area contributed by atoms with E-state index in [1.54, 1.807) is 35.2 Å². The molecule has 0 bridgehead atoms. The van der Waals surface area contributed by atoms with E-state index in [1.807, 2.05) is 23.6 Å². The third-order valence-corrected chi connectivity index (χ3v) is 7.16. The summed E-state index contributed by atoms with van der Waals surface area (Å²) in [5, 5.41) is 9.07. The van der Waals surface area contributed by atoms with Crippen molar-refractivity contribution in [3.8, 4) is 10.7 Å². The van der Waals surface area contributed by atoms with E-state index in [1.165, 1.54) is 6.07 Å². The first-order chi connectivity index (χ1) is 15.2. The first-order valence-corrected chi connectivity index (χ1v) is 12.4. The van der Waals surface area contributed by atoms with Gasteiger partial charge in [-0.25, -0.2) is 4.39 Å². The molecule has 31 heavy (non-hydrogen) atoms. The summed E-state index contributed by atoms with van der Waals surface area (Å²) in [5.41, 5.74) is 0.704. The number of nitrogens with one attached hydrogen (secondary N) is 1. The highest BCUT2D eigenvalue weighted by Crippen LogP contribution is 2.23. The largest absolute Gasteiger partial charge is 0.355 e. The van der Waals surface area contributed by atoms with Crippen LogP contribution in [0.5, 0.6) is 0 Å². The summed E-state index contributed by atoms with van der Waals surface area (Å²) in [5.74, 6) is 2.61. The zero-order valence-electron chi connectivity index (χ0n) is 17.1. The van der Waals surface area contributed by atoms with Gasteiger partial charge in [0.25, 0.3) is 0 Å². The number of carbonyl (C=O) groups excluding carboxylic acids is 1. The number of thioether (sulfide) groups is 1. The second-order valence-corrected chi connectivity index (χ2v) is 9.53. The lowest BCUT2D eigenvalue weighted by molar-refractivity contribution is -0.126. The summed E-state index contributed by atoms with van der Waals surface area (Å²) in [7, 11) is 0. The molecule has 1 aliphatic heterocycles. The lowest BCUT2D eigenvalue weighted by Crippen LogP contribution is -2.40. The van der Waals surface area contributed by atoms with Crippen LogP contribution in [0.25, 0.3) is 10.7 Å². The molecule has 6 nitrogen and oxygen atoms in total. The molecular weight excluding hydrogens is 435 g/mol. The van der Waals surface area contributed by atoms with Gasteiger partial charge in [-0.15, -0.1) is 11.3 Å². The van der Waals surface area contributed by atoms with Crippen molar-refractivity contribution in [2.45, 2.75) is 25.1 Å². The maximum absolute atomic E-state index is 13.6. The van der Waals surface area contributed by atoms with Crippen LogP contribution in [0.4, 0.5) is 4.39 Å². The van der Waals surface area contributed by atoms with Gasteiger partial charge in [0.05, 0.1) is 11.4 Å². The van der Waals surface area contributed by atoms with E-state index >= 15 is 0 Å². The Labute approximate surface area is 189 Å². The second kappa shape index (κ2) is 10.9. The Morgan fingerprint density at radius 3 is 2.87 bits per heavy atom. The number of benzene rings is 1. The van der Waals surface area contributed by atoms with Gasteiger partial charge in [-0.2, -0.15) is 16.7 Å². The zero-order valence-corrected chi connectivity index (χ0v) is 18.8. The molecule has 0 atom stereocenters. The molecule has 1 amide bonds. The van der Waals surface area contributed by atoms with Crippen LogP contribution in [-0.4, -0.2) is 46.3 Å². The number of hydrogen-bond donors (Lipinski definition) is 1. The SMILES string of the molecule is O=C(NCCSCc1ccccc1F)C1CCN(Cc2nc(-c3cccs3)no2)CC1. The molecule has 4 rings (SSSR count). The van der Waals surface area contributed by atoms with Crippen LogP contribution in [0.15, 0.2) is 46.3 Å². The van der Waals surface area contributed by atoms with Crippen molar-refractivity contribution in [2.24, 2.45) is 5.92 Å². The number of nitrogens with zero attached hydrogens (tertiary/aromatic N) is 3. The monoisotopic (exact) mass is 460 g/mol. The number of thiophene rings is 1. The molecule has 164 valence electrons. The first kappa shape index (κ1) is 22.0. The van der Waals surface area contributed by atoms with Crippen LogP contribution in [0.3, 0.4) is 0 Å². The Kier molecular flexibility index (Phi) is 7.71. The topological polar surface area (TPSA) is 71.3 Å². The Bertz CT molecular complexity index is 972. The van der Waals surface area contributed by atoms with E-state index in [4.69, 9.17) is 4.52 Å². The van der Waals surface area contributed by atoms with Crippen LogP contribution >= 0.6 is 23.1 Å². The molecule has 3 aromatic rings. The van der Waals surface area contributed by atoms with Crippen molar-refractivity contribution in [3.63, 3.8) is 0 Å². The lowest BCUT2D eigenvalue weighted by atomic mass is 9.96. The summed E-state index contributed by atoms with van der Waals surface area (Å²) in [6.07, 6.45) is 1.64. The first-order valence-electron chi connectivity index (χ1n) is 10.4. The smallest absolute Gasteiger partial charge is 0.241 e. The number of hydrogen-bond acceptors (Lipinski definition) is 7. The minimum absolute atomic E-state index is 0.0391. The molecule has 1 aromatic carbocycles. The van der Waals surface area contributed by atoms with E-state index in [0.717, 1.165) is 36.6 Å². The normalized spacial score (nSPS) is 15.3. The highest BCUT2D eigenvalue weighted by Gasteiger charge is 2.25. The van der Waals surface area contributed by atoms with E-state index in [-0.39, 0.29) is 17.6 Å². The number of aromatic nitrogens is 2. The number of halogens is 1. The molecule has 1 N–H and O–H groups in total. The number of piperidine rings is 1. The summed E-state index contributed by atoms with van der Waals surface area (Å²) in [6, 6.07) is 10.8. The summed E-state index contributed by atoms with van der Waals surface area (Å²) in [4.78, 5) is 20.2. The quantitative estimate of drug-likeness (QED) is 0.483. The van der Waals surface area contributed by atoms with Gasteiger partial charge in [0.1, 0.15) is 5.82 Å². The van der Waals surface area contributed by atoms with Gasteiger partial charge in [0.15, 0.2) is 0 Å². The van der Waals surface area contributed by atoms with Crippen LogP contribution in [0, 0.1) is 11.7 Å². The van der Waals surface area contributed by atoms with E-state index in [9.17, 15) is 9.18 Å². The summed E-state index contributed by atoms with van der Waals surface area (Å²) < 4.78 is 19.0.